The first-order valence-electron chi connectivity index (χ1n) is 21.0. The Kier molecular flexibility index (Phi) is 11.0. The standard InChI is InChI=1S/C52H58O4P2Si2/c1-51(2,3)41-33-42(52(4,5)6)44(34-43(41)53-57(37-25-15-13-16-26-37)38-27-17-14-18-28-38)54-58-55-49-45(59(7,8)9)31-35-23-19-21-29-39(35)47(49)48-40-30-22-20-24-36(40)32-46(50(48)56-58)60(10,11)12/h13-34H,1-12H3. The summed E-state index contributed by atoms with van der Waals surface area (Å²) in [5, 5.41) is 11.7. The van der Waals surface area contributed by atoms with Gasteiger partial charge in [-0.3, -0.25) is 0 Å². The van der Waals surface area contributed by atoms with Crippen LogP contribution in [0.3, 0.4) is 0 Å². The molecule has 308 valence electrons. The summed E-state index contributed by atoms with van der Waals surface area (Å²) >= 11 is 0. The van der Waals surface area contributed by atoms with Crippen LogP contribution in [-0.4, -0.2) is 16.1 Å². The molecule has 0 aliphatic rings. The first kappa shape index (κ1) is 42.1. The molecule has 0 saturated heterocycles. The Balaban J connectivity index is 1.48. The third-order valence-corrected chi connectivity index (χ3v) is 18.1. The summed E-state index contributed by atoms with van der Waals surface area (Å²) < 4.78 is 29.4. The molecule has 1 heterocycles. The van der Waals surface area contributed by atoms with Gasteiger partial charge in [-0.05, 0) is 48.8 Å². The molecule has 0 unspecified atom stereocenters. The van der Waals surface area contributed by atoms with E-state index in [1.54, 1.807) is 0 Å². The van der Waals surface area contributed by atoms with Crippen LogP contribution in [0, 0.1) is 0 Å². The van der Waals surface area contributed by atoms with Crippen molar-refractivity contribution in [2.45, 2.75) is 91.7 Å². The predicted octanol–water partition coefficient (Wildman–Crippen LogP) is 14.6. The van der Waals surface area contributed by atoms with Gasteiger partial charge in [0.15, 0.2) is 8.15 Å². The Labute approximate surface area is 360 Å². The minimum absolute atomic E-state index is 0.221. The Hall–Kier alpha value is -4.58. The van der Waals surface area contributed by atoms with E-state index in [0.717, 1.165) is 60.2 Å². The summed E-state index contributed by atoms with van der Waals surface area (Å²) in [5.74, 6) is 1.51. The van der Waals surface area contributed by atoms with Crippen molar-refractivity contribution >= 4 is 97.0 Å². The summed E-state index contributed by atoms with van der Waals surface area (Å²) in [7, 11) is -7.24. The molecule has 60 heavy (non-hydrogen) atoms. The predicted molar refractivity (Wildman–Crippen MR) is 267 cm³/mol. The van der Waals surface area contributed by atoms with Gasteiger partial charge in [0.2, 0.25) is 0 Å². The highest BCUT2D eigenvalue weighted by atomic mass is 31.1. The summed E-state index contributed by atoms with van der Waals surface area (Å²) in [6, 6.07) is 47.8. The smallest absolute Gasteiger partial charge is 0.453 e. The van der Waals surface area contributed by atoms with E-state index in [-0.39, 0.29) is 10.8 Å². The fourth-order valence-corrected chi connectivity index (χ4v) is 14.0. The normalized spacial score (nSPS) is 12.8. The van der Waals surface area contributed by atoms with E-state index in [1.807, 2.05) is 0 Å². The summed E-state index contributed by atoms with van der Waals surface area (Å²) in [6.45, 7) is 27.9. The minimum Gasteiger partial charge on any atom is -0.464 e. The van der Waals surface area contributed by atoms with Gasteiger partial charge in [0.1, 0.15) is 22.7 Å². The van der Waals surface area contributed by atoms with Crippen LogP contribution in [0.2, 0.25) is 39.3 Å². The lowest BCUT2D eigenvalue weighted by molar-refractivity contribution is 0.471. The molecular weight excluding hydrogens is 807 g/mol. The van der Waals surface area contributed by atoms with E-state index in [4.69, 9.17) is 17.4 Å². The largest absolute Gasteiger partial charge is 0.464 e. The lowest BCUT2D eigenvalue weighted by atomic mass is 9.80. The van der Waals surface area contributed by atoms with Gasteiger partial charge in [0, 0.05) is 38.6 Å². The first-order valence-corrected chi connectivity index (χ1v) is 30.4. The van der Waals surface area contributed by atoms with Crippen molar-refractivity contribution in [2.75, 3.05) is 0 Å². The Bertz CT molecular complexity index is 2760. The molecule has 8 aromatic rings. The Morgan fingerprint density at radius 3 is 1.30 bits per heavy atom. The van der Waals surface area contributed by atoms with Crippen LogP contribution in [0.25, 0.3) is 43.5 Å². The summed E-state index contributed by atoms with van der Waals surface area (Å²) in [5.41, 5.74) is 3.48. The number of rotatable bonds is 8. The van der Waals surface area contributed by atoms with E-state index in [1.165, 1.54) is 21.1 Å². The van der Waals surface area contributed by atoms with Crippen molar-refractivity contribution in [3.63, 3.8) is 0 Å². The molecule has 0 aliphatic heterocycles. The van der Waals surface area contributed by atoms with Gasteiger partial charge >= 0.3 is 8.24 Å². The molecule has 0 N–H and O–H groups in total. The molecule has 0 saturated carbocycles. The van der Waals surface area contributed by atoms with Crippen LogP contribution in [0.15, 0.2) is 142 Å². The average Bonchev–Trinajstić information content (AvgIpc) is 3.35. The zero-order valence-electron chi connectivity index (χ0n) is 37.2. The molecule has 0 radical (unpaired) electrons. The maximum atomic E-state index is 7.38. The fourth-order valence-electron chi connectivity index (χ4n) is 8.11. The molecule has 0 fully saturated rings. The monoisotopic (exact) mass is 864 g/mol. The number of hydrogen-bond donors (Lipinski definition) is 0. The lowest BCUT2D eigenvalue weighted by Gasteiger charge is -2.30. The van der Waals surface area contributed by atoms with E-state index in [0.29, 0.717) is 5.75 Å². The Morgan fingerprint density at radius 1 is 0.483 bits per heavy atom. The molecule has 1 aromatic heterocycles. The quantitative estimate of drug-likeness (QED) is 0.113. The SMILES string of the molecule is CC(C)(C)c1cc(C(C)(C)C)c(Op2oc3c([Si](C)(C)C)cc4ccccc4c3c3c(o2)c([Si](C)(C)C)cc2ccccc23)cc1OP(c1ccccc1)c1ccccc1. The second kappa shape index (κ2) is 15.7. The maximum absolute atomic E-state index is 7.38. The Morgan fingerprint density at radius 2 is 0.883 bits per heavy atom. The van der Waals surface area contributed by atoms with Crippen molar-refractivity contribution in [2.24, 2.45) is 0 Å². The zero-order valence-corrected chi connectivity index (χ0v) is 41.0. The van der Waals surface area contributed by atoms with Crippen LogP contribution < -0.4 is 30.0 Å². The van der Waals surface area contributed by atoms with Crippen molar-refractivity contribution in [3.05, 3.63) is 145 Å². The van der Waals surface area contributed by atoms with Gasteiger partial charge in [-0.2, -0.15) is 0 Å². The molecule has 0 bridgehead atoms. The van der Waals surface area contributed by atoms with Crippen molar-refractivity contribution in [3.8, 4) is 11.5 Å². The van der Waals surface area contributed by atoms with Gasteiger partial charge in [-0.25, -0.2) is 0 Å². The molecule has 0 atom stereocenters. The van der Waals surface area contributed by atoms with Gasteiger partial charge < -0.3 is 17.4 Å². The molecule has 0 aliphatic carbocycles. The molecule has 8 rings (SSSR count). The third kappa shape index (κ3) is 8.25. The van der Waals surface area contributed by atoms with Crippen LogP contribution >= 0.6 is 16.4 Å². The average molecular weight is 865 g/mol. The lowest BCUT2D eigenvalue weighted by Crippen LogP contribution is -2.38. The van der Waals surface area contributed by atoms with Gasteiger partial charge in [-0.15, -0.1) is 0 Å². The van der Waals surface area contributed by atoms with Gasteiger partial charge in [0.05, 0.1) is 16.1 Å². The van der Waals surface area contributed by atoms with Crippen molar-refractivity contribution in [1.82, 2.24) is 0 Å². The third-order valence-electron chi connectivity index (χ3n) is 11.2. The van der Waals surface area contributed by atoms with Crippen LogP contribution in [0.4, 0.5) is 0 Å². The second-order valence-corrected chi connectivity index (χ2v) is 33.0. The van der Waals surface area contributed by atoms with E-state index >= 15 is 0 Å². The van der Waals surface area contributed by atoms with Gasteiger partial charge in [-0.1, -0.05) is 202 Å². The molecule has 0 spiro atoms. The van der Waals surface area contributed by atoms with Crippen molar-refractivity contribution < 1.29 is 17.4 Å². The minimum atomic E-state index is -2.01. The fraction of sp³-hybridized carbons (Fsp3) is 0.269. The number of hydrogen-bond acceptors (Lipinski definition) is 4. The van der Waals surface area contributed by atoms with E-state index < -0.39 is 32.5 Å². The van der Waals surface area contributed by atoms with Crippen LogP contribution in [-0.2, 0) is 10.8 Å². The van der Waals surface area contributed by atoms with Crippen LogP contribution in [0.1, 0.15) is 52.7 Å². The van der Waals surface area contributed by atoms with Gasteiger partial charge in [0.25, 0.3) is 0 Å². The zero-order chi connectivity index (χ0) is 42.8. The number of benzene rings is 7. The number of fused-ring (bicyclic) bond motifs is 7. The second-order valence-electron chi connectivity index (χ2n) is 20.1. The van der Waals surface area contributed by atoms with E-state index in [2.05, 4.69) is 214 Å². The highest BCUT2D eigenvalue weighted by Crippen LogP contribution is 2.49. The highest BCUT2D eigenvalue weighted by Gasteiger charge is 2.32. The molecule has 0 amide bonds. The van der Waals surface area contributed by atoms with Crippen LogP contribution in [0.5, 0.6) is 11.5 Å². The molecule has 8 heteroatoms. The topological polar surface area (TPSA) is 44.7 Å². The summed E-state index contributed by atoms with van der Waals surface area (Å²) in [6.07, 6.45) is 0. The molecule has 7 aromatic carbocycles. The first-order chi connectivity index (χ1) is 28.3. The van der Waals surface area contributed by atoms with Crippen molar-refractivity contribution in [1.29, 1.82) is 0 Å². The highest BCUT2D eigenvalue weighted by molar-refractivity contribution is 7.68. The molecular formula is C52H58O4P2Si2. The summed E-state index contributed by atoms with van der Waals surface area (Å²) in [4.78, 5) is 0. The maximum Gasteiger partial charge on any atom is 0.453 e. The molecule has 4 nitrogen and oxygen atoms in total. The van der Waals surface area contributed by atoms with E-state index in [9.17, 15) is 0 Å².